The molecule has 0 aliphatic carbocycles. The van der Waals surface area contributed by atoms with E-state index in [1.807, 2.05) is 6.92 Å². The standard InChI is InChI=1S/C14H17ClO4/c1-8-9(7-14(2,3)13(16)17)6-10(15)12-11(8)18-4-5-19-12/h6H,4-5,7H2,1-3H3,(H,16,17). The first-order valence-electron chi connectivity index (χ1n) is 6.14. The molecular weight excluding hydrogens is 268 g/mol. The van der Waals surface area contributed by atoms with Gasteiger partial charge in [-0.05, 0) is 44.4 Å². The molecule has 4 nitrogen and oxygen atoms in total. The topological polar surface area (TPSA) is 55.8 Å². The van der Waals surface area contributed by atoms with Crippen LogP contribution < -0.4 is 9.47 Å². The molecule has 1 aromatic rings. The van der Waals surface area contributed by atoms with Gasteiger partial charge in [0.05, 0.1) is 10.4 Å². The zero-order valence-corrected chi connectivity index (χ0v) is 12.0. The first-order valence-corrected chi connectivity index (χ1v) is 6.51. The number of ether oxygens (including phenoxy) is 2. The van der Waals surface area contributed by atoms with Crippen LogP contribution in [0, 0.1) is 12.3 Å². The third kappa shape index (κ3) is 2.63. The van der Waals surface area contributed by atoms with Crippen molar-refractivity contribution in [1.82, 2.24) is 0 Å². The lowest BCUT2D eigenvalue weighted by atomic mass is 9.84. The summed E-state index contributed by atoms with van der Waals surface area (Å²) in [6.07, 6.45) is 0.393. The fourth-order valence-corrected chi connectivity index (χ4v) is 2.35. The minimum atomic E-state index is -0.849. The second-order valence-corrected chi connectivity index (χ2v) is 5.77. The molecule has 1 N–H and O–H groups in total. The molecule has 1 aliphatic heterocycles. The van der Waals surface area contributed by atoms with Crippen LogP contribution in [0.1, 0.15) is 25.0 Å². The van der Waals surface area contributed by atoms with Gasteiger partial charge in [-0.25, -0.2) is 0 Å². The zero-order chi connectivity index (χ0) is 14.2. The van der Waals surface area contributed by atoms with E-state index in [1.54, 1.807) is 19.9 Å². The summed E-state index contributed by atoms with van der Waals surface area (Å²) in [5, 5.41) is 9.68. The number of hydrogen-bond acceptors (Lipinski definition) is 3. The van der Waals surface area contributed by atoms with Crippen molar-refractivity contribution < 1.29 is 19.4 Å². The van der Waals surface area contributed by atoms with Gasteiger partial charge in [-0.2, -0.15) is 0 Å². The fraction of sp³-hybridized carbons (Fsp3) is 0.500. The SMILES string of the molecule is Cc1c(CC(C)(C)C(=O)O)cc(Cl)c2c1OCCO2. The van der Waals surface area contributed by atoms with E-state index < -0.39 is 11.4 Å². The second-order valence-electron chi connectivity index (χ2n) is 5.36. The summed E-state index contributed by atoms with van der Waals surface area (Å²) < 4.78 is 11.1. The van der Waals surface area contributed by atoms with Gasteiger partial charge >= 0.3 is 5.97 Å². The van der Waals surface area contributed by atoms with E-state index in [4.69, 9.17) is 21.1 Å². The minimum absolute atomic E-state index is 0.393. The van der Waals surface area contributed by atoms with Gasteiger partial charge in [-0.1, -0.05) is 11.6 Å². The van der Waals surface area contributed by atoms with Crippen LogP contribution in [0.25, 0.3) is 0 Å². The average Bonchev–Trinajstić information content (AvgIpc) is 2.35. The Bertz CT molecular complexity index is 523. The Morgan fingerprint density at radius 1 is 1.37 bits per heavy atom. The van der Waals surface area contributed by atoms with Crippen molar-refractivity contribution in [2.75, 3.05) is 13.2 Å². The molecule has 0 unspecified atom stereocenters. The van der Waals surface area contributed by atoms with Gasteiger partial charge in [0.25, 0.3) is 0 Å². The lowest BCUT2D eigenvalue weighted by Crippen LogP contribution is -2.27. The molecule has 0 saturated carbocycles. The van der Waals surface area contributed by atoms with Crippen LogP contribution in [0.3, 0.4) is 0 Å². The molecule has 2 rings (SSSR count). The Balaban J connectivity index is 2.43. The van der Waals surface area contributed by atoms with Crippen LogP contribution in [-0.4, -0.2) is 24.3 Å². The highest BCUT2D eigenvalue weighted by Gasteiger charge is 2.30. The summed E-state index contributed by atoms with van der Waals surface area (Å²) in [4.78, 5) is 11.2. The number of carboxylic acid groups (broad SMARTS) is 1. The zero-order valence-electron chi connectivity index (χ0n) is 11.2. The Morgan fingerprint density at radius 2 is 1.95 bits per heavy atom. The van der Waals surface area contributed by atoms with Crippen LogP contribution in [-0.2, 0) is 11.2 Å². The maximum Gasteiger partial charge on any atom is 0.309 e. The highest BCUT2D eigenvalue weighted by atomic mass is 35.5. The van der Waals surface area contributed by atoms with E-state index in [2.05, 4.69) is 0 Å². The van der Waals surface area contributed by atoms with Crippen molar-refractivity contribution >= 4 is 17.6 Å². The Labute approximate surface area is 117 Å². The van der Waals surface area contributed by atoms with Gasteiger partial charge in [-0.3, -0.25) is 4.79 Å². The highest BCUT2D eigenvalue weighted by molar-refractivity contribution is 6.32. The second kappa shape index (κ2) is 4.93. The summed E-state index contributed by atoms with van der Waals surface area (Å²) in [6.45, 7) is 6.25. The molecule has 0 aromatic heterocycles. The average molecular weight is 285 g/mol. The maximum absolute atomic E-state index is 11.2. The maximum atomic E-state index is 11.2. The molecule has 1 aliphatic rings. The number of carboxylic acids is 1. The molecule has 0 spiro atoms. The van der Waals surface area contributed by atoms with Crippen molar-refractivity contribution in [2.45, 2.75) is 27.2 Å². The number of halogens is 1. The van der Waals surface area contributed by atoms with E-state index in [1.165, 1.54) is 0 Å². The molecule has 0 radical (unpaired) electrons. The van der Waals surface area contributed by atoms with Crippen molar-refractivity contribution in [2.24, 2.45) is 5.41 Å². The third-order valence-corrected chi connectivity index (χ3v) is 3.61. The van der Waals surface area contributed by atoms with Gasteiger partial charge in [0.15, 0.2) is 11.5 Å². The first kappa shape index (κ1) is 14.0. The van der Waals surface area contributed by atoms with E-state index in [0.717, 1.165) is 11.1 Å². The molecule has 0 atom stereocenters. The molecule has 0 amide bonds. The van der Waals surface area contributed by atoms with Gasteiger partial charge in [0.2, 0.25) is 0 Å². The normalized spacial score (nSPS) is 14.3. The highest BCUT2D eigenvalue weighted by Crippen LogP contribution is 2.43. The predicted molar refractivity (Wildman–Crippen MR) is 72.3 cm³/mol. The summed E-state index contributed by atoms with van der Waals surface area (Å²) in [7, 11) is 0. The van der Waals surface area contributed by atoms with E-state index >= 15 is 0 Å². The lowest BCUT2D eigenvalue weighted by Gasteiger charge is -2.25. The molecule has 5 heteroatoms. The van der Waals surface area contributed by atoms with Crippen molar-refractivity contribution in [3.8, 4) is 11.5 Å². The molecule has 104 valence electrons. The molecule has 0 saturated heterocycles. The summed E-state index contributed by atoms with van der Waals surface area (Å²) in [5.41, 5.74) is 0.924. The summed E-state index contributed by atoms with van der Waals surface area (Å²) >= 11 is 6.18. The third-order valence-electron chi connectivity index (χ3n) is 3.33. The molecular formula is C14H17ClO4. The quantitative estimate of drug-likeness (QED) is 0.927. The van der Waals surface area contributed by atoms with E-state index in [9.17, 15) is 9.90 Å². The fourth-order valence-electron chi connectivity index (χ4n) is 2.08. The Hall–Kier alpha value is -1.42. The van der Waals surface area contributed by atoms with Gasteiger partial charge in [-0.15, -0.1) is 0 Å². The lowest BCUT2D eigenvalue weighted by molar-refractivity contribution is -0.146. The molecule has 0 bridgehead atoms. The molecule has 0 fully saturated rings. The molecule has 1 heterocycles. The van der Waals surface area contributed by atoms with E-state index in [0.29, 0.717) is 36.2 Å². The first-order chi connectivity index (χ1) is 8.83. The molecule has 19 heavy (non-hydrogen) atoms. The van der Waals surface area contributed by atoms with Gasteiger partial charge in [0, 0.05) is 0 Å². The van der Waals surface area contributed by atoms with E-state index in [-0.39, 0.29) is 0 Å². The van der Waals surface area contributed by atoms with Crippen molar-refractivity contribution in [3.05, 3.63) is 22.2 Å². The number of fused-ring (bicyclic) bond motifs is 1. The number of hydrogen-bond donors (Lipinski definition) is 1. The van der Waals surface area contributed by atoms with Gasteiger partial charge in [0.1, 0.15) is 13.2 Å². The number of rotatable bonds is 3. The summed E-state index contributed by atoms with van der Waals surface area (Å²) in [5.74, 6) is 0.357. The minimum Gasteiger partial charge on any atom is -0.486 e. The monoisotopic (exact) mass is 284 g/mol. The van der Waals surface area contributed by atoms with Crippen LogP contribution in [0.2, 0.25) is 5.02 Å². The largest absolute Gasteiger partial charge is 0.486 e. The Kier molecular flexibility index (Phi) is 3.63. The number of benzene rings is 1. The van der Waals surface area contributed by atoms with Crippen LogP contribution in [0.4, 0.5) is 0 Å². The number of carbonyl (C=O) groups is 1. The van der Waals surface area contributed by atoms with Gasteiger partial charge < -0.3 is 14.6 Å². The summed E-state index contributed by atoms with van der Waals surface area (Å²) in [6, 6.07) is 1.77. The predicted octanol–water partition coefficient (Wildman–Crippen LogP) is 3.07. The van der Waals surface area contributed by atoms with Crippen LogP contribution >= 0.6 is 11.6 Å². The van der Waals surface area contributed by atoms with Crippen molar-refractivity contribution in [1.29, 1.82) is 0 Å². The smallest absolute Gasteiger partial charge is 0.309 e. The van der Waals surface area contributed by atoms with Crippen LogP contribution in [0.15, 0.2) is 6.07 Å². The van der Waals surface area contributed by atoms with Crippen LogP contribution in [0.5, 0.6) is 11.5 Å². The molecule has 1 aromatic carbocycles. The van der Waals surface area contributed by atoms with Crippen molar-refractivity contribution in [3.63, 3.8) is 0 Å². The Morgan fingerprint density at radius 3 is 2.53 bits per heavy atom. The number of aliphatic carboxylic acids is 1.